The van der Waals surface area contributed by atoms with E-state index in [1.165, 1.54) is 0 Å². The van der Waals surface area contributed by atoms with Crippen molar-refractivity contribution in [1.29, 1.82) is 0 Å². The van der Waals surface area contributed by atoms with Crippen molar-refractivity contribution < 1.29 is 9.52 Å². The first-order valence-electron chi connectivity index (χ1n) is 10.2. The molecule has 3 nitrogen and oxygen atoms in total. The normalized spacial score (nSPS) is 11.5. The number of carbonyl (C=O) groups excluding carboxylic acids is 1. The summed E-state index contributed by atoms with van der Waals surface area (Å²) in [6.45, 7) is 0. The molecule has 3 heteroatoms. The van der Waals surface area contributed by atoms with Gasteiger partial charge >= 0.3 is 0 Å². The molecule has 0 bridgehead atoms. The summed E-state index contributed by atoms with van der Waals surface area (Å²) in [5, 5.41) is 21.1. The van der Waals surface area contributed by atoms with Crippen molar-refractivity contribution >= 4 is 49.5 Å². The number of benzene rings is 5. The van der Waals surface area contributed by atoms with Crippen LogP contribution in [-0.2, 0) is 0 Å². The van der Waals surface area contributed by atoms with Gasteiger partial charge in [0.05, 0.1) is 10.8 Å². The lowest BCUT2D eigenvalue weighted by Crippen LogP contribution is -2.30. The van der Waals surface area contributed by atoms with E-state index in [1.807, 2.05) is 54.6 Å². The van der Waals surface area contributed by atoms with E-state index in [0.29, 0.717) is 16.8 Å². The average Bonchev–Trinajstić information content (AvgIpc) is 2.84. The summed E-state index contributed by atoms with van der Waals surface area (Å²) in [6.07, 6.45) is 0.810. The second-order valence-electron chi connectivity index (χ2n) is 7.77. The summed E-state index contributed by atoms with van der Waals surface area (Å²) in [4.78, 5) is 11.1. The van der Waals surface area contributed by atoms with Gasteiger partial charge in [-0.15, -0.1) is 0 Å². The molecule has 0 N–H and O–H groups in total. The lowest BCUT2D eigenvalue weighted by Gasteiger charge is -2.15. The highest BCUT2D eigenvalue weighted by atomic mass is 16.5. The van der Waals surface area contributed by atoms with Crippen molar-refractivity contribution in [3.05, 3.63) is 108 Å². The van der Waals surface area contributed by atoms with Gasteiger partial charge in [0, 0.05) is 28.0 Å². The Bertz CT molecular complexity index is 1650. The molecule has 146 valence electrons. The first-order valence-corrected chi connectivity index (χ1v) is 10.2. The Labute approximate surface area is 178 Å². The number of aromatic nitrogens is 1. The van der Waals surface area contributed by atoms with Crippen molar-refractivity contribution in [3.8, 4) is 11.3 Å². The fourth-order valence-electron chi connectivity index (χ4n) is 4.66. The molecule has 6 aromatic rings. The van der Waals surface area contributed by atoms with Crippen LogP contribution in [0, 0.1) is 5.21 Å². The van der Waals surface area contributed by atoms with Gasteiger partial charge in [-0.25, -0.2) is 0 Å². The number of carbonyl (C=O) groups is 1. The quantitative estimate of drug-likeness (QED) is 0.146. The lowest BCUT2D eigenvalue weighted by atomic mass is 9.93. The van der Waals surface area contributed by atoms with E-state index < -0.39 is 0 Å². The number of aldehydes is 1. The minimum atomic E-state index is 0.587. The van der Waals surface area contributed by atoms with Gasteiger partial charge in [0.15, 0.2) is 0 Å². The third-order valence-corrected chi connectivity index (χ3v) is 6.08. The summed E-state index contributed by atoms with van der Waals surface area (Å²) in [5.41, 5.74) is 2.61. The Hall–Kier alpha value is -4.24. The predicted molar refractivity (Wildman–Crippen MR) is 126 cm³/mol. The molecule has 1 heterocycles. The molecule has 5 aromatic carbocycles. The molecular formula is C28H17NO2. The maximum atomic E-state index is 13.7. The van der Waals surface area contributed by atoms with Gasteiger partial charge < -0.3 is 5.21 Å². The van der Waals surface area contributed by atoms with Crippen LogP contribution in [-0.4, -0.2) is 6.29 Å². The number of pyridine rings is 1. The number of fused-ring (bicyclic) bond motifs is 7. The van der Waals surface area contributed by atoms with Gasteiger partial charge in [-0.1, -0.05) is 66.7 Å². The number of hydrogen-bond acceptors (Lipinski definition) is 2. The molecule has 0 radical (unpaired) electrons. The Kier molecular flexibility index (Phi) is 3.77. The van der Waals surface area contributed by atoms with Crippen LogP contribution in [0.15, 0.2) is 97.1 Å². The summed E-state index contributed by atoms with van der Waals surface area (Å²) in [5.74, 6) is 0. The zero-order chi connectivity index (χ0) is 20.9. The van der Waals surface area contributed by atoms with Gasteiger partial charge in [-0.2, -0.15) is 4.73 Å². The van der Waals surface area contributed by atoms with Gasteiger partial charge in [0.1, 0.15) is 6.29 Å². The number of hydrogen-bond donors (Lipinski definition) is 0. The fraction of sp³-hybridized carbons (Fsp3) is 0. The van der Waals surface area contributed by atoms with E-state index in [0.717, 1.165) is 54.3 Å². The largest absolute Gasteiger partial charge is 0.618 e. The van der Waals surface area contributed by atoms with E-state index in [-0.39, 0.29) is 0 Å². The lowest BCUT2D eigenvalue weighted by molar-refractivity contribution is -0.563. The Balaban J connectivity index is 1.85. The maximum absolute atomic E-state index is 13.7. The fourth-order valence-corrected chi connectivity index (χ4v) is 4.66. The SMILES string of the molecule is O=Cc1ccc(-c2c3ccccc3c3c4c(ccc5ccccc54)ccc3[n+]2[O-])cc1. The van der Waals surface area contributed by atoms with E-state index in [4.69, 9.17) is 0 Å². The zero-order valence-electron chi connectivity index (χ0n) is 16.6. The second kappa shape index (κ2) is 6.64. The minimum Gasteiger partial charge on any atom is -0.618 e. The summed E-state index contributed by atoms with van der Waals surface area (Å²) in [7, 11) is 0. The monoisotopic (exact) mass is 399 g/mol. The average molecular weight is 399 g/mol. The topological polar surface area (TPSA) is 44.0 Å². The molecule has 0 aliphatic heterocycles. The Morgan fingerprint density at radius 2 is 1.26 bits per heavy atom. The van der Waals surface area contributed by atoms with Crippen LogP contribution in [0.1, 0.15) is 10.4 Å². The summed E-state index contributed by atoms with van der Waals surface area (Å²) in [6, 6.07) is 31.7. The van der Waals surface area contributed by atoms with Crippen LogP contribution in [0.4, 0.5) is 0 Å². The molecule has 0 saturated heterocycles. The highest BCUT2D eigenvalue weighted by Crippen LogP contribution is 2.37. The molecule has 0 aliphatic carbocycles. The first kappa shape index (κ1) is 17.6. The Morgan fingerprint density at radius 3 is 2.03 bits per heavy atom. The van der Waals surface area contributed by atoms with E-state index in [1.54, 1.807) is 12.1 Å². The van der Waals surface area contributed by atoms with Gasteiger partial charge in [0.25, 0.3) is 0 Å². The Morgan fingerprint density at radius 1 is 0.613 bits per heavy atom. The van der Waals surface area contributed by atoms with Crippen LogP contribution in [0.3, 0.4) is 0 Å². The van der Waals surface area contributed by atoms with Crippen LogP contribution in [0.2, 0.25) is 0 Å². The molecule has 0 spiro atoms. The second-order valence-corrected chi connectivity index (χ2v) is 7.77. The van der Waals surface area contributed by atoms with Crippen molar-refractivity contribution in [2.45, 2.75) is 0 Å². The van der Waals surface area contributed by atoms with Crippen molar-refractivity contribution in [2.75, 3.05) is 0 Å². The molecule has 0 amide bonds. The predicted octanol–water partition coefficient (Wildman–Crippen LogP) is 6.41. The molecule has 0 unspecified atom stereocenters. The van der Waals surface area contributed by atoms with Crippen LogP contribution in [0.5, 0.6) is 0 Å². The third-order valence-electron chi connectivity index (χ3n) is 6.08. The highest BCUT2D eigenvalue weighted by molar-refractivity contribution is 6.27. The number of rotatable bonds is 2. The molecular weight excluding hydrogens is 382 g/mol. The molecule has 0 saturated carbocycles. The summed E-state index contributed by atoms with van der Waals surface area (Å²) < 4.78 is 1.04. The smallest absolute Gasteiger partial charge is 0.232 e. The van der Waals surface area contributed by atoms with Gasteiger partial charge in [-0.3, -0.25) is 4.79 Å². The van der Waals surface area contributed by atoms with Crippen molar-refractivity contribution in [1.82, 2.24) is 0 Å². The zero-order valence-corrected chi connectivity index (χ0v) is 16.6. The molecule has 1 aromatic heterocycles. The first-order chi connectivity index (χ1) is 15.3. The molecule has 0 aliphatic rings. The van der Waals surface area contributed by atoms with Crippen LogP contribution < -0.4 is 4.73 Å². The standard InChI is InChI=1S/C28H17NO2/c30-17-18-9-11-21(12-10-18)28-24-8-4-3-7-23(24)27-25(29(28)31)16-15-20-14-13-19-5-1-2-6-22(19)26(20)27/h1-17H. The van der Waals surface area contributed by atoms with E-state index >= 15 is 0 Å². The van der Waals surface area contributed by atoms with Crippen LogP contribution in [0.25, 0.3) is 54.5 Å². The van der Waals surface area contributed by atoms with Gasteiger partial charge in [-0.05, 0) is 40.4 Å². The van der Waals surface area contributed by atoms with E-state index in [2.05, 4.69) is 30.3 Å². The third kappa shape index (κ3) is 2.53. The van der Waals surface area contributed by atoms with E-state index in [9.17, 15) is 10.0 Å². The summed E-state index contributed by atoms with van der Waals surface area (Å²) >= 11 is 0. The van der Waals surface area contributed by atoms with Gasteiger partial charge in [0.2, 0.25) is 11.2 Å². The molecule has 0 fully saturated rings. The molecule has 31 heavy (non-hydrogen) atoms. The molecule has 6 rings (SSSR count). The minimum absolute atomic E-state index is 0.587. The van der Waals surface area contributed by atoms with Crippen molar-refractivity contribution in [2.24, 2.45) is 0 Å². The highest BCUT2D eigenvalue weighted by Gasteiger charge is 2.21. The maximum Gasteiger partial charge on any atom is 0.232 e. The molecule has 0 atom stereocenters. The van der Waals surface area contributed by atoms with Crippen LogP contribution >= 0.6 is 0 Å². The van der Waals surface area contributed by atoms with Crippen molar-refractivity contribution in [3.63, 3.8) is 0 Å². The number of nitrogens with zero attached hydrogens (tertiary/aromatic N) is 1.